The third-order valence-electron chi connectivity index (χ3n) is 2.45. The van der Waals surface area contributed by atoms with Crippen molar-refractivity contribution in [2.45, 2.75) is 13.5 Å². The molecule has 1 aromatic carbocycles. The van der Waals surface area contributed by atoms with Crippen molar-refractivity contribution in [1.82, 2.24) is 4.98 Å². The van der Waals surface area contributed by atoms with Crippen LogP contribution >= 0.6 is 0 Å². The molecule has 0 spiro atoms. The van der Waals surface area contributed by atoms with E-state index in [1.807, 2.05) is 6.07 Å². The fourth-order valence-corrected chi connectivity index (χ4v) is 1.44. The van der Waals surface area contributed by atoms with Crippen molar-refractivity contribution < 1.29 is 9.13 Å². The summed E-state index contributed by atoms with van der Waals surface area (Å²) in [6.45, 7) is 2.02. The average molecular weight is 232 g/mol. The van der Waals surface area contributed by atoms with E-state index in [9.17, 15) is 4.39 Å². The first kappa shape index (κ1) is 11.4. The van der Waals surface area contributed by atoms with Crippen molar-refractivity contribution in [1.29, 1.82) is 0 Å². The van der Waals surface area contributed by atoms with Gasteiger partial charge in [-0.25, -0.2) is 9.37 Å². The third kappa shape index (κ3) is 2.72. The average Bonchev–Trinajstić information content (AvgIpc) is 2.32. The number of nitrogen functional groups attached to an aromatic ring is 1. The molecule has 0 atom stereocenters. The summed E-state index contributed by atoms with van der Waals surface area (Å²) >= 11 is 0. The zero-order valence-corrected chi connectivity index (χ0v) is 9.48. The van der Waals surface area contributed by atoms with Gasteiger partial charge in [0.1, 0.15) is 24.0 Å². The fraction of sp³-hybridized carbons (Fsp3) is 0.154. The molecule has 0 fully saturated rings. The molecule has 2 rings (SSSR count). The molecule has 88 valence electrons. The Hall–Kier alpha value is -2.10. The van der Waals surface area contributed by atoms with Crippen LogP contribution < -0.4 is 10.5 Å². The largest absolute Gasteiger partial charge is 0.489 e. The highest BCUT2D eigenvalue weighted by atomic mass is 19.1. The van der Waals surface area contributed by atoms with Crippen LogP contribution in [-0.4, -0.2) is 4.98 Å². The molecule has 1 aromatic heterocycles. The first-order chi connectivity index (χ1) is 8.16. The molecule has 0 aliphatic carbocycles. The van der Waals surface area contributed by atoms with Gasteiger partial charge in [-0.1, -0.05) is 6.07 Å². The zero-order valence-electron chi connectivity index (χ0n) is 9.48. The molecule has 0 saturated heterocycles. The highest BCUT2D eigenvalue weighted by Crippen LogP contribution is 2.18. The van der Waals surface area contributed by atoms with Crippen LogP contribution in [0.3, 0.4) is 0 Å². The van der Waals surface area contributed by atoms with Crippen LogP contribution in [0.15, 0.2) is 36.5 Å². The van der Waals surface area contributed by atoms with Gasteiger partial charge in [-0.05, 0) is 36.8 Å². The number of anilines is 1. The third-order valence-corrected chi connectivity index (χ3v) is 2.45. The summed E-state index contributed by atoms with van der Waals surface area (Å²) in [5.74, 6) is 0.830. The topological polar surface area (TPSA) is 48.1 Å². The lowest BCUT2D eigenvalue weighted by Crippen LogP contribution is -2.02. The summed E-state index contributed by atoms with van der Waals surface area (Å²) in [5, 5.41) is 0. The van der Waals surface area contributed by atoms with E-state index < -0.39 is 0 Å². The molecule has 4 heteroatoms. The maximum Gasteiger partial charge on any atom is 0.129 e. The van der Waals surface area contributed by atoms with Crippen LogP contribution in [0, 0.1) is 12.7 Å². The highest BCUT2D eigenvalue weighted by Gasteiger charge is 2.02. The molecule has 0 aliphatic rings. The highest BCUT2D eigenvalue weighted by molar-refractivity contribution is 5.38. The predicted octanol–water partition coefficient (Wildman–Crippen LogP) is 2.69. The van der Waals surface area contributed by atoms with Gasteiger partial charge in [0.15, 0.2) is 0 Å². The molecular weight excluding hydrogens is 219 g/mol. The Balaban J connectivity index is 2.08. The van der Waals surface area contributed by atoms with Gasteiger partial charge in [-0.15, -0.1) is 0 Å². The minimum Gasteiger partial charge on any atom is -0.489 e. The smallest absolute Gasteiger partial charge is 0.129 e. The Morgan fingerprint density at radius 2 is 2.18 bits per heavy atom. The summed E-state index contributed by atoms with van der Waals surface area (Å²) in [6, 6.07) is 8.28. The molecule has 3 nitrogen and oxygen atoms in total. The Labute approximate surface area is 99.1 Å². The Morgan fingerprint density at radius 1 is 1.35 bits per heavy atom. The van der Waals surface area contributed by atoms with E-state index in [-0.39, 0.29) is 5.82 Å². The number of rotatable bonds is 3. The van der Waals surface area contributed by atoms with E-state index in [2.05, 4.69) is 4.98 Å². The lowest BCUT2D eigenvalue weighted by molar-refractivity contribution is 0.306. The SMILES string of the molecule is Cc1cc(OCc2cccnc2N)ccc1F. The minimum atomic E-state index is -0.238. The first-order valence-electron chi connectivity index (χ1n) is 5.25. The summed E-state index contributed by atoms with van der Waals surface area (Å²) in [7, 11) is 0. The fourth-order valence-electron chi connectivity index (χ4n) is 1.44. The van der Waals surface area contributed by atoms with Crippen molar-refractivity contribution in [2.75, 3.05) is 5.73 Å². The second-order valence-electron chi connectivity index (χ2n) is 3.75. The molecule has 2 aromatic rings. The minimum absolute atomic E-state index is 0.238. The molecular formula is C13H13FN2O. The number of nitrogens with two attached hydrogens (primary N) is 1. The molecule has 0 amide bonds. The lowest BCUT2D eigenvalue weighted by Gasteiger charge is -2.08. The van der Waals surface area contributed by atoms with Crippen LogP contribution in [0.5, 0.6) is 5.75 Å². The number of nitrogens with zero attached hydrogens (tertiary/aromatic N) is 1. The van der Waals surface area contributed by atoms with Crippen LogP contribution in [0.4, 0.5) is 10.2 Å². The van der Waals surface area contributed by atoms with Gasteiger partial charge in [0.25, 0.3) is 0 Å². The second kappa shape index (κ2) is 4.82. The zero-order chi connectivity index (χ0) is 12.3. The number of benzene rings is 1. The van der Waals surface area contributed by atoms with Crippen molar-refractivity contribution in [3.8, 4) is 5.75 Å². The van der Waals surface area contributed by atoms with E-state index in [0.29, 0.717) is 23.7 Å². The van der Waals surface area contributed by atoms with E-state index in [1.165, 1.54) is 6.07 Å². The van der Waals surface area contributed by atoms with Gasteiger partial charge in [-0.3, -0.25) is 0 Å². The van der Waals surface area contributed by atoms with Gasteiger partial charge in [0, 0.05) is 11.8 Å². The summed E-state index contributed by atoms with van der Waals surface area (Å²) < 4.78 is 18.6. The molecule has 0 unspecified atom stereocenters. The van der Waals surface area contributed by atoms with Crippen LogP contribution in [0.2, 0.25) is 0 Å². The van der Waals surface area contributed by atoms with Gasteiger partial charge >= 0.3 is 0 Å². The number of hydrogen-bond donors (Lipinski definition) is 1. The second-order valence-corrected chi connectivity index (χ2v) is 3.75. The molecule has 17 heavy (non-hydrogen) atoms. The molecule has 2 N–H and O–H groups in total. The van der Waals surface area contributed by atoms with Crippen LogP contribution in [0.1, 0.15) is 11.1 Å². The van der Waals surface area contributed by atoms with Crippen molar-refractivity contribution >= 4 is 5.82 Å². The number of hydrogen-bond acceptors (Lipinski definition) is 3. The van der Waals surface area contributed by atoms with Crippen molar-refractivity contribution in [3.63, 3.8) is 0 Å². The maximum atomic E-state index is 13.0. The molecule has 1 heterocycles. The van der Waals surface area contributed by atoms with E-state index in [0.717, 1.165) is 5.56 Å². The van der Waals surface area contributed by atoms with Crippen molar-refractivity contribution in [3.05, 3.63) is 53.5 Å². The van der Waals surface area contributed by atoms with E-state index in [1.54, 1.807) is 31.3 Å². The van der Waals surface area contributed by atoms with Gasteiger partial charge in [0.2, 0.25) is 0 Å². The summed E-state index contributed by atoms with van der Waals surface area (Å²) in [6.07, 6.45) is 1.63. The molecule has 0 aliphatic heterocycles. The number of aromatic nitrogens is 1. The number of pyridine rings is 1. The standard InChI is InChI=1S/C13H13FN2O/c1-9-7-11(4-5-12(9)14)17-8-10-3-2-6-16-13(10)15/h2-7H,8H2,1H3,(H2,15,16). The predicted molar refractivity (Wildman–Crippen MR) is 64.1 cm³/mol. The number of aryl methyl sites for hydroxylation is 1. The molecule has 0 saturated carbocycles. The van der Waals surface area contributed by atoms with E-state index >= 15 is 0 Å². The molecule has 0 radical (unpaired) electrons. The number of ether oxygens (including phenoxy) is 1. The monoisotopic (exact) mass is 232 g/mol. The van der Waals surface area contributed by atoms with Gasteiger partial charge in [-0.2, -0.15) is 0 Å². The Morgan fingerprint density at radius 3 is 2.88 bits per heavy atom. The first-order valence-corrected chi connectivity index (χ1v) is 5.25. The van der Waals surface area contributed by atoms with E-state index in [4.69, 9.17) is 10.5 Å². The Kier molecular flexibility index (Phi) is 3.23. The van der Waals surface area contributed by atoms with Crippen LogP contribution in [0.25, 0.3) is 0 Å². The normalized spacial score (nSPS) is 10.2. The van der Waals surface area contributed by atoms with Gasteiger partial charge in [0.05, 0.1) is 0 Å². The lowest BCUT2D eigenvalue weighted by atomic mass is 10.2. The maximum absolute atomic E-state index is 13.0. The van der Waals surface area contributed by atoms with Gasteiger partial charge < -0.3 is 10.5 Å². The molecule has 0 bridgehead atoms. The van der Waals surface area contributed by atoms with Crippen molar-refractivity contribution in [2.24, 2.45) is 0 Å². The van der Waals surface area contributed by atoms with Crippen LogP contribution in [-0.2, 0) is 6.61 Å². The Bertz CT molecular complexity index is 529. The summed E-state index contributed by atoms with van der Waals surface area (Å²) in [5.41, 5.74) is 7.06. The quantitative estimate of drug-likeness (QED) is 0.885. The number of halogens is 1. The summed E-state index contributed by atoms with van der Waals surface area (Å²) in [4.78, 5) is 3.96.